The largest absolute Gasteiger partial charge is 0.454 e. The molecule has 2 aromatic heterocycles. The van der Waals surface area contributed by atoms with E-state index in [9.17, 15) is 4.79 Å². The second-order valence-corrected chi connectivity index (χ2v) is 13.7. The van der Waals surface area contributed by atoms with Gasteiger partial charge in [0.15, 0.2) is 11.6 Å². The lowest BCUT2D eigenvalue weighted by molar-refractivity contribution is -0.123. The molecule has 234 valence electrons. The third kappa shape index (κ3) is 6.79. The number of nitrogens with one attached hydrogen (secondary N) is 2. The first-order chi connectivity index (χ1) is 22.4. The van der Waals surface area contributed by atoms with Crippen LogP contribution in [0.15, 0.2) is 109 Å². The molecule has 1 atom stereocenters. The van der Waals surface area contributed by atoms with Crippen LogP contribution in [0.25, 0.3) is 11.0 Å². The van der Waals surface area contributed by atoms with Crippen LogP contribution in [0.3, 0.4) is 0 Å². The lowest BCUT2D eigenvalue weighted by Gasteiger charge is -2.21. The fourth-order valence-corrected chi connectivity index (χ4v) is 7.39. The Morgan fingerprint density at radius 1 is 1.00 bits per heavy atom. The molecular weight excluding hydrogens is 618 g/mol. The number of halogens is 1. The Bertz CT molecular complexity index is 1940. The van der Waals surface area contributed by atoms with Crippen molar-refractivity contribution in [3.05, 3.63) is 126 Å². The van der Waals surface area contributed by atoms with Crippen molar-refractivity contribution in [2.75, 3.05) is 11.9 Å². The second-order valence-electron chi connectivity index (χ2n) is 11.5. The Labute approximate surface area is 275 Å². The van der Waals surface area contributed by atoms with Gasteiger partial charge in [0.25, 0.3) is 0 Å². The summed E-state index contributed by atoms with van der Waals surface area (Å²) in [7, 11) is -0.187. The number of rotatable bonds is 12. The molecule has 1 saturated carbocycles. The number of nitrogens with two attached hydrogens (primary N) is 1. The average Bonchev–Trinajstić information content (AvgIpc) is 3.52. The third-order valence-corrected chi connectivity index (χ3v) is 10.3. The van der Waals surface area contributed by atoms with Crippen LogP contribution in [-0.2, 0) is 23.6 Å². The van der Waals surface area contributed by atoms with E-state index in [2.05, 4.69) is 85.0 Å². The quantitative estimate of drug-likeness (QED) is 0.135. The van der Waals surface area contributed by atoms with E-state index in [1.807, 2.05) is 47.2 Å². The molecule has 4 N–H and O–H groups in total. The average molecular weight is 652 g/mol. The molecule has 0 bridgehead atoms. The van der Waals surface area contributed by atoms with Crippen LogP contribution in [-0.4, -0.2) is 42.2 Å². The third-order valence-electron chi connectivity index (χ3n) is 8.01. The Balaban J connectivity index is 1.06. The molecule has 3 aromatic carbocycles. The first kappa shape index (κ1) is 30.0. The second kappa shape index (κ2) is 13.0. The zero-order chi connectivity index (χ0) is 31.5. The molecule has 1 aliphatic heterocycles. The van der Waals surface area contributed by atoms with Crippen molar-refractivity contribution in [2.24, 2.45) is 5.73 Å². The molecule has 46 heavy (non-hydrogen) atoms. The van der Waals surface area contributed by atoms with E-state index in [0.717, 1.165) is 47.6 Å². The summed E-state index contributed by atoms with van der Waals surface area (Å²) >= 11 is 6.77. The van der Waals surface area contributed by atoms with Gasteiger partial charge in [0.05, 0.1) is 28.8 Å². The SMILES string of the molecule is NC1(C(=O)NCCn2ccc3ncnc(Nc4ccc(OC5=CN(Cc6ccccc6)S(Cc6ccccc6)=C5)c(Cl)c4)c32)CC1. The number of allylic oxidation sites excluding steroid dienone is 1. The van der Waals surface area contributed by atoms with Gasteiger partial charge < -0.3 is 30.0 Å². The van der Waals surface area contributed by atoms with E-state index in [0.29, 0.717) is 29.7 Å². The van der Waals surface area contributed by atoms with E-state index in [1.165, 1.54) is 17.5 Å². The number of aromatic nitrogens is 3. The minimum Gasteiger partial charge on any atom is -0.454 e. The summed E-state index contributed by atoms with van der Waals surface area (Å²) in [6.45, 7) is 1.79. The fraction of sp³-hybridized carbons (Fsp3) is 0.200. The zero-order valence-corrected chi connectivity index (χ0v) is 26.7. The van der Waals surface area contributed by atoms with Gasteiger partial charge in [0, 0.05) is 36.1 Å². The molecule has 9 nitrogen and oxygen atoms in total. The minimum absolute atomic E-state index is 0.0995. The lowest BCUT2D eigenvalue weighted by Crippen LogP contribution is -2.43. The van der Waals surface area contributed by atoms with Crippen molar-refractivity contribution in [1.29, 1.82) is 0 Å². The van der Waals surface area contributed by atoms with Crippen LogP contribution in [0.1, 0.15) is 24.0 Å². The number of hydrogen-bond acceptors (Lipinski definition) is 7. The topological polar surface area (TPSA) is 110 Å². The Hall–Kier alpha value is -4.64. The summed E-state index contributed by atoms with van der Waals surface area (Å²) in [5.74, 6) is 2.76. The smallest absolute Gasteiger partial charge is 0.240 e. The monoisotopic (exact) mass is 651 g/mol. The molecule has 11 heteroatoms. The number of carbonyl (C=O) groups is 1. The van der Waals surface area contributed by atoms with Gasteiger partial charge in [-0.1, -0.05) is 82.9 Å². The molecule has 0 saturated heterocycles. The molecular formula is C35H34ClN7O2S. The van der Waals surface area contributed by atoms with E-state index in [-0.39, 0.29) is 16.6 Å². The summed E-state index contributed by atoms with van der Waals surface area (Å²) < 4.78 is 10.7. The highest BCUT2D eigenvalue weighted by Gasteiger charge is 2.45. The van der Waals surface area contributed by atoms with E-state index in [1.54, 1.807) is 0 Å². The highest BCUT2D eigenvalue weighted by atomic mass is 35.5. The van der Waals surface area contributed by atoms with Crippen LogP contribution >= 0.6 is 22.3 Å². The molecule has 0 radical (unpaired) electrons. The van der Waals surface area contributed by atoms with Gasteiger partial charge in [0.2, 0.25) is 5.91 Å². The number of anilines is 2. The van der Waals surface area contributed by atoms with Crippen molar-refractivity contribution in [3.8, 4) is 5.75 Å². The summed E-state index contributed by atoms with van der Waals surface area (Å²) in [5, 5.41) is 8.99. The lowest BCUT2D eigenvalue weighted by atomic mass is 10.2. The van der Waals surface area contributed by atoms with Crippen molar-refractivity contribution < 1.29 is 9.53 Å². The van der Waals surface area contributed by atoms with Crippen molar-refractivity contribution in [1.82, 2.24) is 24.2 Å². The van der Waals surface area contributed by atoms with Gasteiger partial charge in [-0.3, -0.25) is 4.79 Å². The Morgan fingerprint density at radius 3 is 2.50 bits per heavy atom. The van der Waals surface area contributed by atoms with Crippen LogP contribution in [0.2, 0.25) is 5.02 Å². The maximum atomic E-state index is 12.3. The summed E-state index contributed by atoms with van der Waals surface area (Å²) in [5.41, 5.74) is 10.2. The van der Waals surface area contributed by atoms with Gasteiger partial charge in [-0.15, -0.1) is 0 Å². The van der Waals surface area contributed by atoms with Gasteiger partial charge in [0.1, 0.15) is 17.6 Å². The molecule has 0 spiro atoms. The molecule has 1 fully saturated rings. The molecule has 1 unspecified atom stereocenters. The van der Waals surface area contributed by atoms with E-state index in [4.69, 9.17) is 22.1 Å². The zero-order valence-electron chi connectivity index (χ0n) is 25.1. The van der Waals surface area contributed by atoms with E-state index >= 15 is 0 Å². The Kier molecular flexibility index (Phi) is 8.49. The van der Waals surface area contributed by atoms with Gasteiger partial charge in [-0.2, -0.15) is 0 Å². The molecule has 1 amide bonds. The van der Waals surface area contributed by atoms with Crippen molar-refractivity contribution in [2.45, 2.75) is 37.2 Å². The molecule has 5 aromatic rings. The molecule has 1 aliphatic carbocycles. The van der Waals surface area contributed by atoms with Crippen LogP contribution in [0.5, 0.6) is 5.75 Å². The normalized spacial score (nSPS) is 16.5. The fourth-order valence-electron chi connectivity index (χ4n) is 5.32. The number of fused-ring (bicyclic) bond motifs is 1. The van der Waals surface area contributed by atoms with Crippen LogP contribution < -0.4 is 21.1 Å². The van der Waals surface area contributed by atoms with Gasteiger partial charge in [-0.05, 0) is 48.2 Å². The summed E-state index contributed by atoms with van der Waals surface area (Å²) in [4.78, 5) is 21.2. The maximum absolute atomic E-state index is 12.3. The molecule has 2 aliphatic rings. The number of carbonyl (C=O) groups excluding carboxylic acids is 1. The molecule has 3 heterocycles. The van der Waals surface area contributed by atoms with Crippen LogP contribution in [0, 0.1) is 0 Å². The predicted octanol–water partition coefficient (Wildman–Crippen LogP) is 6.36. The number of benzene rings is 3. The first-order valence-corrected chi connectivity index (χ1v) is 17.0. The van der Waals surface area contributed by atoms with E-state index < -0.39 is 5.54 Å². The van der Waals surface area contributed by atoms with Gasteiger partial charge >= 0.3 is 0 Å². The van der Waals surface area contributed by atoms with Crippen molar-refractivity contribution >= 4 is 56.1 Å². The Morgan fingerprint density at radius 2 is 1.76 bits per heavy atom. The predicted molar refractivity (Wildman–Crippen MR) is 186 cm³/mol. The maximum Gasteiger partial charge on any atom is 0.240 e. The van der Waals surface area contributed by atoms with Crippen molar-refractivity contribution in [3.63, 3.8) is 0 Å². The number of ether oxygens (including phenoxy) is 1. The van der Waals surface area contributed by atoms with Crippen LogP contribution in [0.4, 0.5) is 11.5 Å². The van der Waals surface area contributed by atoms with Gasteiger partial charge in [-0.25, -0.2) is 9.97 Å². The highest BCUT2D eigenvalue weighted by molar-refractivity contribution is 8.12. The number of hydrogen-bond donors (Lipinski definition) is 3. The summed E-state index contributed by atoms with van der Waals surface area (Å²) in [6, 6.07) is 28.5. The standard InChI is InChI=1S/C35H34ClN7O2S/c36-29-19-27(41-33-32-30(39-24-40-33)13-17-42(32)18-16-38-34(44)35(37)14-15-35)11-12-31(29)45-28-21-43(20-25-7-3-1-4-8-25)46(23-28)22-26-9-5-2-6-10-26/h1-13,17,19,21,23-24H,14-16,18,20,22,37H2,(H,38,44)(H,39,40,41). The highest BCUT2D eigenvalue weighted by Crippen LogP contribution is 2.37. The summed E-state index contributed by atoms with van der Waals surface area (Å²) in [6.07, 6.45) is 7.01. The first-order valence-electron chi connectivity index (χ1n) is 15.2. The number of amides is 1. The minimum atomic E-state index is -0.693. The number of nitrogens with zero attached hydrogens (tertiary/aromatic N) is 4. The molecule has 7 rings (SSSR count).